The van der Waals surface area contributed by atoms with Crippen LogP contribution in [0.1, 0.15) is 37.5 Å². The molecule has 33 heavy (non-hydrogen) atoms. The first-order chi connectivity index (χ1) is 15.5. The van der Waals surface area contributed by atoms with Crippen LogP contribution in [0.15, 0.2) is 41.4 Å². The summed E-state index contributed by atoms with van der Waals surface area (Å²) in [6.07, 6.45) is 1.08. The van der Waals surface area contributed by atoms with E-state index < -0.39 is 5.91 Å². The van der Waals surface area contributed by atoms with Crippen molar-refractivity contribution in [2.45, 2.75) is 46.4 Å². The van der Waals surface area contributed by atoms with Crippen LogP contribution in [0.3, 0.4) is 0 Å². The molecule has 4 N–H and O–H groups in total. The van der Waals surface area contributed by atoms with Crippen LogP contribution < -0.4 is 30.6 Å². The fourth-order valence-corrected chi connectivity index (χ4v) is 3.49. The van der Waals surface area contributed by atoms with E-state index in [0.717, 1.165) is 35.6 Å². The molecule has 0 bridgehead atoms. The molecule has 0 radical (unpaired) electrons. The number of benzene rings is 2. The Labute approximate surface area is 212 Å². The molecule has 0 saturated heterocycles. The summed E-state index contributed by atoms with van der Waals surface area (Å²) in [6.45, 7) is 8.26. The van der Waals surface area contributed by atoms with Crippen molar-refractivity contribution in [1.29, 1.82) is 0 Å². The fourth-order valence-electron chi connectivity index (χ4n) is 3.49. The van der Waals surface area contributed by atoms with E-state index in [4.69, 9.17) is 19.9 Å². The fraction of sp³-hybridized carbons (Fsp3) is 0.417. The summed E-state index contributed by atoms with van der Waals surface area (Å²) >= 11 is 0. The summed E-state index contributed by atoms with van der Waals surface area (Å²) in [7, 11) is 0. The largest absolute Gasteiger partial charge is 0.494 e. The third-order valence-electron chi connectivity index (χ3n) is 4.87. The zero-order valence-electron chi connectivity index (χ0n) is 19.3. The lowest BCUT2D eigenvalue weighted by molar-refractivity contribution is -0.119. The van der Waals surface area contributed by atoms with E-state index in [1.54, 1.807) is 6.07 Å². The SMILES string of the molecule is CCNC(=NCc1cccc(OCC(N)=O)c1)NCc1cc2c(cc1OCC)CC(C)O2.I. The number of carbonyl (C=O) groups excluding carboxylic acids is 1. The molecular formula is C24H33IN4O4. The number of primary amides is 1. The molecule has 1 heterocycles. The Hall–Kier alpha value is -2.69. The summed E-state index contributed by atoms with van der Waals surface area (Å²) in [5, 5.41) is 6.64. The summed E-state index contributed by atoms with van der Waals surface area (Å²) in [6, 6.07) is 11.6. The van der Waals surface area contributed by atoms with Crippen LogP contribution in [0.2, 0.25) is 0 Å². The van der Waals surface area contributed by atoms with Crippen LogP contribution >= 0.6 is 24.0 Å². The van der Waals surface area contributed by atoms with Crippen LogP contribution in [0.25, 0.3) is 0 Å². The highest BCUT2D eigenvalue weighted by Gasteiger charge is 2.21. The quantitative estimate of drug-likeness (QED) is 0.231. The van der Waals surface area contributed by atoms with E-state index in [1.807, 2.05) is 32.0 Å². The van der Waals surface area contributed by atoms with Crippen molar-refractivity contribution in [1.82, 2.24) is 10.6 Å². The number of hydrogen-bond acceptors (Lipinski definition) is 5. The molecular weight excluding hydrogens is 535 g/mol. The molecule has 9 heteroatoms. The maximum atomic E-state index is 10.9. The molecule has 2 aromatic carbocycles. The van der Waals surface area contributed by atoms with Crippen molar-refractivity contribution in [2.24, 2.45) is 10.7 Å². The predicted molar refractivity (Wildman–Crippen MR) is 140 cm³/mol. The van der Waals surface area contributed by atoms with Gasteiger partial charge in [0.1, 0.15) is 23.4 Å². The molecule has 8 nitrogen and oxygen atoms in total. The molecule has 1 aliphatic rings. The number of amides is 1. The Morgan fingerprint density at radius 2 is 2.03 bits per heavy atom. The minimum atomic E-state index is -0.509. The third-order valence-corrected chi connectivity index (χ3v) is 4.87. The normalized spacial score (nSPS) is 14.5. The van der Waals surface area contributed by atoms with E-state index in [2.05, 4.69) is 34.7 Å². The van der Waals surface area contributed by atoms with Gasteiger partial charge in [-0.25, -0.2) is 4.99 Å². The number of ether oxygens (including phenoxy) is 3. The summed E-state index contributed by atoms with van der Waals surface area (Å²) in [5.74, 6) is 2.56. The highest BCUT2D eigenvalue weighted by molar-refractivity contribution is 14.0. The first-order valence-electron chi connectivity index (χ1n) is 11.0. The van der Waals surface area contributed by atoms with E-state index in [1.165, 1.54) is 5.56 Å². The zero-order valence-corrected chi connectivity index (χ0v) is 21.7. The van der Waals surface area contributed by atoms with Crippen LogP contribution in [-0.2, 0) is 24.3 Å². The van der Waals surface area contributed by atoms with Gasteiger partial charge in [0, 0.05) is 30.6 Å². The summed E-state index contributed by atoms with van der Waals surface area (Å²) < 4.78 is 17.2. The minimum absolute atomic E-state index is 0. The van der Waals surface area contributed by atoms with Gasteiger partial charge in [-0.05, 0) is 50.6 Å². The van der Waals surface area contributed by atoms with Gasteiger partial charge in [-0.15, -0.1) is 24.0 Å². The first kappa shape index (κ1) is 26.6. The molecule has 0 fully saturated rings. The maximum absolute atomic E-state index is 10.9. The van der Waals surface area contributed by atoms with Gasteiger partial charge in [0.2, 0.25) is 0 Å². The van der Waals surface area contributed by atoms with Crippen molar-refractivity contribution in [3.63, 3.8) is 0 Å². The van der Waals surface area contributed by atoms with Crippen molar-refractivity contribution in [3.8, 4) is 17.2 Å². The molecule has 2 aromatic rings. The van der Waals surface area contributed by atoms with Crippen molar-refractivity contribution < 1.29 is 19.0 Å². The third kappa shape index (κ3) is 7.99. The minimum Gasteiger partial charge on any atom is -0.494 e. The second-order valence-corrected chi connectivity index (χ2v) is 7.58. The second kappa shape index (κ2) is 13.1. The molecule has 180 valence electrons. The lowest BCUT2D eigenvalue weighted by Crippen LogP contribution is -2.36. The standard InChI is InChI=1S/C24H32N4O4.HI/c1-4-26-24(27-13-17-7-6-8-20(10-17)31-15-23(25)29)28-14-19-12-22-18(9-16(3)32-22)11-21(19)30-5-2;/h6-8,10-12,16H,4-5,9,13-15H2,1-3H3,(H2,25,29)(H2,26,27,28);1H. The summed E-state index contributed by atoms with van der Waals surface area (Å²) in [5.41, 5.74) is 8.30. The van der Waals surface area contributed by atoms with Gasteiger partial charge in [-0.2, -0.15) is 0 Å². The number of nitrogens with two attached hydrogens (primary N) is 1. The highest BCUT2D eigenvalue weighted by atomic mass is 127. The van der Waals surface area contributed by atoms with E-state index in [-0.39, 0.29) is 36.7 Å². The lowest BCUT2D eigenvalue weighted by Gasteiger charge is -2.15. The number of fused-ring (bicyclic) bond motifs is 1. The predicted octanol–water partition coefficient (Wildman–Crippen LogP) is 3.15. The first-order valence-corrected chi connectivity index (χ1v) is 11.0. The number of hydrogen-bond donors (Lipinski definition) is 3. The van der Waals surface area contributed by atoms with Crippen LogP contribution in [0.5, 0.6) is 17.2 Å². The highest BCUT2D eigenvalue weighted by Crippen LogP contribution is 2.35. The molecule has 3 rings (SSSR count). The topological polar surface area (TPSA) is 107 Å². The molecule has 1 amide bonds. The van der Waals surface area contributed by atoms with Gasteiger partial charge in [0.05, 0.1) is 13.2 Å². The Balaban J connectivity index is 0.00000385. The van der Waals surface area contributed by atoms with Gasteiger partial charge in [0.15, 0.2) is 12.6 Å². The Morgan fingerprint density at radius 3 is 2.76 bits per heavy atom. The monoisotopic (exact) mass is 568 g/mol. The van der Waals surface area contributed by atoms with Crippen LogP contribution in [0, 0.1) is 0 Å². The van der Waals surface area contributed by atoms with Gasteiger partial charge in [0.25, 0.3) is 5.91 Å². The molecule has 0 aromatic heterocycles. The van der Waals surface area contributed by atoms with Crippen molar-refractivity contribution in [2.75, 3.05) is 19.8 Å². The molecule has 0 spiro atoms. The Kier molecular flexibility index (Phi) is 10.6. The number of nitrogens with zero attached hydrogens (tertiary/aromatic N) is 1. The van der Waals surface area contributed by atoms with E-state index >= 15 is 0 Å². The van der Waals surface area contributed by atoms with Crippen LogP contribution in [0.4, 0.5) is 0 Å². The van der Waals surface area contributed by atoms with Gasteiger partial charge in [-0.1, -0.05) is 12.1 Å². The molecule has 1 atom stereocenters. The smallest absolute Gasteiger partial charge is 0.255 e. The zero-order chi connectivity index (χ0) is 22.9. The second-order valence-electron chi connectivity index (χ2n) is 7.58. The van der Waals surface area contributed by atoms with Crippen LogP contribution in [-0.4, -0.2) is 37.7 Å². The number of aliphatic imine (C=N–C) groups is 1. The van der Waals surface area contributed by atoms with Crippen molar-refractivity contribution >= 4 is 35.8 Å². The number of guanidine groups is 1. The van der Waals surface area contributed by atoms with Gasteiger partial charge in [-0.3, -0.25) is 4.79 Å². The van der Waals surface area contributed by atoms with E-state index in [0.29, 0.717) is 31.4 Å². The Bertz CT molecular complexity index is 967. The van der Waals surface area contributed by atoms with Gasteiger partial charge >= 0.3 is 0 Å². The average Bonchev–Trinajstić information content (AvgIpc) is 3.13. The summed E-state index contributed by atoms with van der Waals surface area (Å²) in [4.78, 5) is 15.6. The maximum Gasteiger partial charge on any atom is 0.255 e. The Morgan fingerprint density at radius 1 is 1.21 bits per heavy atom. The number of rotatable bonds is 10. The molecule has 0 saturated carbocycles. The number of carbonyl (C=O) groups is 1. The molecule has 0 aliphatic carbocycles. The van der Waals surface area contributed by atoms with Crippen molar-refractivity contribution in [3.05, 3.63) is 53.1 Å². The number of halogens is 1. The number of nitrogens with one attached hydrogen (secondary N) is 2. The lowest BCUT2D eigenvalue weighted by atomic mass is 10.1. The average molecular weight is 568 g/mol. The van der Waals surface area contributed by atoms with E-state index in [9.17, 15) is 4.79 Å². The van der Waals surface area contributed by atoms with Gasteiger partial charge < -0.3 is 30.6 Å². The molecule has 1 unspecified atom stereocenters. The molecule has 1 aliphatic heterocycles.